The molecule has 2 rings (SSSR count). The number of rotatable bonds is 5. The van der Waals surface area contributed by atoms with E-state index in [9.17, 15) is 4.79 Å². The lowest BCUT2D eigenvalue weighted by atomic mass is 9.93. The minimum Gasteiger partial charge on any atom is -0.478 e. The number of imidazole rings is 1. The lowest BCUT2D eigenvalue weighted by molar-refractivity contribution is -0.149. The van der Waals surface area contributed by atoms with Crippen LogP contribution in [0.15, 0.2) is 12.1 Å². The normalized spacial score (nSPS) is 11.6. The molecule has 2 aromatic rings. The first kappa shape index (κ1) is 14.3. The van der Waals surface area contributed by atoms with Crippen molar-refractivity contribution < 1.29 is 14.3 Å². The summed E-state index contributed by atoms with van der Waals surface area (Å²) in [5.74, 6) is 0.739. The minimum atomic E-state index is -0.845. The van der Waals surface area contributed by atoms with Crippen LogP contribution in [0.3, 0.4) is 0 Å². The molecule has 0 radical (unpaired) electrons. The zero-order valence-corrected chi connectivity index (χ0v) is 12.2. The summed E-state index contributed by atoms with van der Waals surface area (Å²) < 4.78 is 10.4. The van der Waals surface area contributed by atoms with Gasteiger partial charge in [-0.15, -0.1) is 0 Å². The Morgan fingerprint density at radius 1 is 1.25 bits per heavy atom. The topological polar surface area (TPSA) is 77.1 Å². The van der Waals surface area contributed by atoms with Crippen molar-refractivity contribution in [2.45, 2.75) is 33.1 Å². The first-order chi connectivity index (χ1) is 9.48. The second kappa shape index (κ2) is 5.48. The molecule has 0 atom stereocenters. The number of esters is 1. The fourth-order valence-electron chi connectivity index (χ4n) is 1.81. The Hall–Kier alpha value is -2.11. The molecule has 0 aliphatic rings. The molecule has 0 aliphatic heterocycles. The van der Waals surface area contributed by atoms with Gasteiger partial charge in [0.15, 0.2) is 5.65 Å². The summed E-state index contributed by atoms with van der Waals surface area (Å²) in [7, 11) is 0. The molecule has 0 fully saturated rings. The molecular weight excluding hydrogens is 258 g/mol. The number of nitrogens with one attached hydrogen (secondary N) is 1. The van der Waals surface area contributed by atoms with Gasteiger partial charge >= 0.3 is 5.97 Å². The van der Waals surface area contributed by atoms with E-state index < -0.39 is 5.41 Å². The van der Waals surface area contributed by atoms with E-state index in [1.54, 1.807) is 26.8 Å². The number of fused-ring (bicyclic) bond motifs is 1. The fourth-order valence-corrected chi connectivity index (χ4v) is 1.81. The van der Waals surface area contributed by atoms with Gasteiger partial charge in [-0.05, 0) is 33.8 Å². The van der Waals surface area contributed by atoms with Crippen LogP contribution in [0.2, 0.25) is 0 Å². The zero-order chi connectivity index (χ0) is 14.8. The van der Waals surface area contributed by atoms with Gasteiger partial charge in [0.05, 0.1) is 18.7 Å². The van der Waals surface area contributed by atoms with Crippen molar-refractivity contribution in [2.75, 3.05) is 13.2 Å². The molecule has 1 N–H and O–H groups in total. The van der Waals surface area contributed by atoms with Crippen molar-refractivity contribution in [3.63, 3.8) is 0 Å². The van der Waals surface area contributed by atoms with Crippen molar-refractivity contribution in [1.82, 2.24) is 15.0 Å². The fraction of sp³-hybridized carbons (Fsp3) is 0.500. The lowest BCUT2D eigenvalue weighted by Gasteiger charge is -2.19. The van der Waals surface area contributed by atoms with Crippen LogP contribution in [0, 0.1) is 0 Å². The van der Waals surface area contributed by atoms with Crippen LogP contribution in [-0.4, -0.2) is 34.1 Å². The van der Waals surface area contributed by atoms with Crippen LogP contribution in [0.4, 0.5) is 0 Å². The molecule has 0 aromatic carbocycles. The highest BCUT2D eigenvalue weighted by Gasteiger charge is 2.34. The van der Waals surface area contributed by atoms with Crippen molar-refractivity contribution >= 4 is 17.1 Å². The van der Waals surface area contributed by atoms with Gasteiger partial charge in [0.1, 0.15) is 11.2 Å². The van der Waals surface area contributed by atoms with Gasteiger partial charge in [0, 0.05) is 6.07 Å². The van der Waals surface area contributed by atoms with Crippen molar-refractivity contribution in [1.29, 1.82) is 0 Å². The first-order valence-corrected chi connectivity index (χ1v) is 6.66. The largest absolute Gasteiger partial charge is 0.478 e. The van der Waals surface area contributed by atoms with Gasteiger partial charge in [-0.1, -0.05) is 0 Å². The zero-order valence-electron chi connectivity index (χ0n) is 12.2. The molecule has 0 spiro atoms. The molecule has 0 saturated carbocycles. The number of carbonyl (C=O) groups is 1. The highest BCUT2D eigenvalue weighted by Crippen LogP contribution is 2.25. The number of nitrogens with zero attached hydrogens (tertiary/aromatic N) is 2. The third kappa shape index (κ3) is 2.59. The van der Waals surface area contributed by atoms with E-state index in [1.807, 2.05) is 13.0 Å². The number of pyridine rings is 1. The predicted octanol–water partition coefficient (Wildman–Crippen LogP) is 2.20. The molecular formula is C14H19N3O3. The minimum absolute atomic E-state index is 0.316. The molecule has 6 nitrogen and oxygen atoms in total. The Morgan fingerprint density at radius 3 is 2.65 bits per heavy atom. The quantitative estimate of drug-likeness (QED) is 0.848. The predicted molar refractivity (Wildman–Crippen MR) is 74.7 cm³/mol. The Bertz CT molecular complexity index is 619. The maximum absolute atomic E-state index is 12.0. The van der Waals surface area contributed by atoms with Crippen molar-refractivity contribution in [2.24, 2.45) is 0 Å². The number of carbonyl (C=O) groups excluding carboxylic acids is 1. The molecule has 2 aromatic heterocycles. The summed E-state index contributed by atoms with van der Waals surface area (Å²) >= 11 is 0. The van der Waals surface area contributed by atoms with Crippen LogP contribution in [-0.2, 0) is 14.9 Å². The van der Waals surface area contributed by atoms with E-state index in [4.69, 9.17) is 9.47 Å². The number of hydrogen-bond donors (Lipinski definition) is 1. The highest BCUT2D eigenvalue weighted by molar-refractivity contribution is 5.82. The summed E-state index contributed by atoms with van der Waals surface area (Å²) in [6.07, 6.45) is 0. The molecule has 0 aliphatic carbocycles. The summed E-state index contributed by atoms with van der Waals surface area (Å²) in [5.41, 5.74) is 0.451. The van der Waals surface area contributed by atoms with Crippen LogP contribution in [0.5, 0.6) is 5.88 Å². The molecule has 20 heavy (non-hydrogen) atoms. The molecule has 0 amide bonds. The number of H-pyrrole nitrogens is 1. The Kier molecular flexibility index (Phi) is 3.92. The Labute approximate surface area is 117 Å². The maximum Gasteiger partial charge on any atom is 0.319 e. The maximum atomic E-state index is 12.0. The molecule has 0 unspecified atom stereocenters. The van der Waals surface area contributed by atoms with Crippen LogP contribution in [0.25, 0.3) is 11.2 Å². The van der Waals surface area contributed by atoms with Crippen LogP contribution in [0.1, 0.15) is 33.5 Å². The van der Waals surface area contributed by atoms with Crippen molar-refractivity contribution in [3.05, 3.63) is 18.0 Å². The standard InChI is InChI=1S/C14H19N3O3/c1-5-19-10-8-7-9-11(16-10)17-12(15-9)14(3,4)13(18)20-6-2/h7-8H,5-6H2,1-4H3,(H,15,16,17). The van der Waals surface area contributed by atoms with E-state index in [0.29, 0.717) is 30.6 Å². The second-order valence-corrected chi connectivity index (χ2v) is 4.88. The average molecular weight is 277 g/mol. The Morgan fingerprint density at radius 2 is 2.00 bits per heavy atom. The number of ether oxygens (including phenoxy) is 2. The van der Waals surface area contributed by atoms with Crippen LogP contribution < -0.4 is 4.74 Å². The van der Waals surface area contributed by atoms with E-state index >= 15 is 0 Å². The summed E-state index contributed by atoms with van der Waals surface area (Å²) in [6.45, 7) is 8.10. The molecule has 2 heterocycles. The van der Waals surface area contributed by atoms with Gasteiger partial charge in [0.2, 0.25) is 5.88 Å². The van der Waals surface area contributed by atoms with E-state index in [1.165, 1.54) is 0 Å². The molecule has 0 bridgehead atoms. The van der Waals surface area contributed by atoms with Gasteiger partial charge in [-0.3, -0.25) is 4.79 Å². The molecule has 0 saturated heterocycles. The SMILES string of the molecule is CCOC(=O)C(C)(C)c1nc2nc(OCC)ccc2[nH]1. The smallest absolute Gasteiger partial charge is 0.319 e. The van der Waals surface area contributed by atoms with Crippen molar-refractivity contribution in [3.8, 4) is 5.88 Å². The second-order valence-electron chi connectivity index (χ2n) is 4.88. The summed E-state index contributed by atoms with van der Waals surface area (Å²) in [5, 5.41) is 0. The van der Waals surface area contributed by atoms with Crippen LogP contribution >= 0.6 is 0 Å². The summed E-state index contributed by atoms with van der Waals surface area (Å²) in [4.78, 5) is 23.8. The van der Waals surface area contributed by atoms with Gasteiger partial charge < -0.3 is 14.5 Å². The van der Waals surface area contributed by atoms with Gasteiger partial charge in [-0.25, -0.2) is 4.98 Å². The Balaban J connectivity index is 2.38. The third-order valence-corrected chi connectivity index (χ3v) is 2.99. The van der Waals surface area contributed by atoms with E-state index in [-0.39, 0.29) is 5.97 Å². The average Bonchev–Trinajstić information content (AvgIpc) is 2.83. The molecule has 108 valence electrons. The van der Waals surface area contributed by atoms with E-state index in [2.05, 4.69) is 15.0 Å². The highest BCUT2D eigenvalue weighted by atomic mass is 16.5. The van der Waals surface area contributed by atoms with Gasteiger partial charge in [-0.2, -0.15) is 4.98 Å². The lowest BCUT2D eigenvalue weighted by Crippen LogP contribution is -2.32. The number of hydrogen-bond acceptors (Lipinski definition) is 5. The summed E-state index contributed by atoms with van der Waals surface area (Å²) in [6, 6.07) is 3.61. The number of aromatic amines is 1. The van der Waals surface area contributed by atoms with Gasteiger partial charge in [0.25, 0.3) is 0 Å². The monoisotopic (exact) mass is 277 g/mol. The number of aromatic nitrogens is 3. The third-order valence-electron chi connectivity index (χ3n) is 2.99. The first-order valence-electron chi connectivity index (χ1n) is 6.66. The van der Waals surface area contributed by atoms with E-state index in [0.717, 1.165) is 5.52 Å². The molecule has 6 heteroatoms.